The first-order chi connectivity index (χ1) is 12.7. The van der Waals surface area contributed by atoms with Gasteiger partial charge in [-0.2, -0.15) is 4.31 Å². The highest BCUT2D eigenvalue weighted by Gasteiger charge is 2.36. The zero-order chi connectivity index (χ0) is 19.8. The minimum atomic E-state index is -3.83. The van der Waals surface area contributed by atoms with E-state index < -0.39 is 16.0 Å². The lowest BCUT2D eigenvalue weighted by molar-refractivity contribution is 0.0602. The lowest BCUT2D eigenvalue weighted by Gasteiger charge is -2.17. The van der Waals surface area contributed by atoms with E-state index in [1.165, 1.54) is 28.1 Å². The number of ether oxygens (including phenoxy) is 2. The third-order valence-electron chi connectivity index (χ3n) is 4.50. The zero-order valence-electron chi connectivity index (χ0n) is 15.2. The van der Waals surface area contributed by atoms with E-state index >= 15 is 0 Å². The molecule has 0 saturated carbocycles. The van der Waals surface area contributed by atoms with Crippen molar-refractivity contribution in [1.82, 2.24) is 8.87 Å². The van der Waals surface area contributed by atoms with Crippen molar-refractivity contribution in [3.05, 3.63) is 44.5 Å². The zero-order valence-corrected chi connectivity index (χ0v) is 16.8. The largest absolute Gasteiger partial charge is 0.489 e. The molecule has 8 nitrogen and oxygen atoms in total. The van der Waals surface area contributed by atoms with Crippen LogP contribution in [0.3, 0.4) is 0 Å². The molecule has 1 aliphatic rings. The molecule has 1 saturated heterocycles. The second-order valence-electron chi connectivity index (χ2n) is 6.23. The number of rotatable bonds is 5. The first-order valence-corrected chi connectivity index (χ1v) is 10.6. The normalized spacial score (nSPS) is 17.8. The first kappa shape index (κ1) is 19.6. The predicted molar refractivity (Wildman–Crippen MR) is 99.9 cm³/mol. The molecule has 0 spiro atoms. The van der Waals surface area contributed by atoms with Crippen LogP contribution in [0, 0.1) is 6.92 Å². The highest BCUT2D eigenvalue weighted by molar-refractivity contribution is 7.89. The maximum Gasteiger partial charge on any atom is 0.349 e. The van der Waals surface area contributed by atoms with E-state index in [4.69, 9.17) is 4.74 Å². The molecule has 0 amide bonds. The number of pyridine rings is 1. The Morgan fingerprint density at radius 2 is 2.07 bits per heavy atom. The van der Waals surface area contributed by atoms with Crippen LogP contribution in [-0.4, -0.2) is 49.6 Å². The molecule has 0 N–H and O–H groups in total. The van der Waals surface area contributed by atoms with Gasteiger partial charge in [-0.25, -0.2) is 13.2 Å². The number of aromatic nitrogens is 1. The number of hydrogen-bond acceptors (Lipinski definition) is 7. The molecule has 27 heavy (non-hydrogen) atoms. The maximum atomic E-state index is 12.9. The SMILES string of the molecule is COC(=O)c1sccc1S(=O)(=O)N1CCC(Oc2cc(C)n(C)c(=O)c2)C1. The Morgan fingerprint density at radius 3 is 2.74 bits per heavy atom. The summed E-state index contributed by atoms with van der Waals surface area (Å²) in [6.45, 7) is 2.21. The van der Waals surface area contributed by atoms with Gasteiger partial charge in [-0.15, -0.1) is 11.3 Å². The molecule has 2 aromatic heterocycles. The van der Waals surface area contributed by atoms with Crippen LogP contribution in [0.4, 0.5) is 0 Å². The van der Waals surface area contributed by atoms with Crippen molar-refractivity contribution < 1.29 is 22.7 Å². The van der Waals surface area contributed by atoms with E-state index in [-0.39, 0.29) is 34.5 Å². The quantitative estimate of drug-likeness (QED) is 0.689. The molecule has 10 heteroatoms. The van der Waals surface area contributed by atoms with E-state index in [1.807, 2.05) is 0 Å². The average molecular weight is 412 g/mol. The number of carbonyl (C=O) groups is 1. The second kappa shape index (κ2) is 7.45. The lowest BCUT2D eigenvalue weighted by atomic mass is 10.3. The van der Waals surface area contributed by atoms with Gasteiger partial charge in [0.15, 0.2) is 0 Å². The van der Waals surface area contributed by atoms with Crippen molar-refractivity contribution in [1.29, 1.82) is 0 Å². The van der Waals surface area contributed by atoms with Crippen LogP contribution >= 0.6 is 11.3 Å². The highest BCUT2D eigenvalue weighted by Crippen LogP contribution is 2.29. The van der Waals surface area contributed by atoms with Gasteiger partial charge in [0.1, 0.15) is 21.6 Å². The Bertz CT molecular complexity index is 1020. The predicted octanol–water partition coefficient (Wildman–Crippen LogP) is 1.38. The molecule has 0 aromatic carbocycles. The van der Waals surface area contributed by atoms with E-state index in [9.17, 15) is 18.0 Å². The van der Waals surface area contributed by atoms with Crippen molar-refractivity contribution in [3.63, 3.8) is 0 Å². The molecule has 3 rings (SSSR count). The standard InChI is InChI=1S/C17H20N2O6S2/c1-11-8-13(9-15(20)18(11)2)25-12-4-6-19(10-12)27(22,23)14-5-7-26-16(14)17(21)24-3/h5,7-9,12H,4,6,10H2,1-3H3. The molecule has 0 bridgehead atoms. The van der Waals surface area contributed by atoms with Gasteiger partial charge in [-0.1, -0.05) is 0 Å². The first-order valence-electron chi connectivity index (χ1n) is 8.24. The molecule has 2 aromatic rings. The third-order valence-corrected chi connectivity index (χ3v) is 7.44. The van der Waals surface area contributed by atoms with Crippen molar-refractivity contribution in [2.75, 3.05) is 20.2 Å². The van der Waals surface area contributed by atoms with Crippen LogP contribution in [-0.2, 0) is 21.8 Å². The number of esters is 1. The minimum Gasteiger partial charge on any atom is -0.489 e. The summed E-state index contributed by atoms with van der Waals surface area (Å²) in [6.07, 6.45) is 0.122. The van der Waals surface area contributed by atoms with E-state index in [0.29, 0.717) is 12.2 Å². The van der Waals surface area contributed by atoms with Crippen molar-refractivity contribution in [3.8, 4) is 5.75 Å². The van der Waals surface area contributed by atoms with Gasteiger partial charge >= 0.3 is 5.97 Å². The number of nitrogens with zero attached hydrogens (tertiary/aromatic N) is 2. The van der Waals surface area contributed by atoms with Crippen LogP contribution in [0.2, 0.25) is 0 Å². The fourth-order valence-corrected chi connectivity index (χ4v) is 5.69. The molecule has 146 valence electrons. The number of thiophene rings is 1. The molecule has 3 heterocycles. The molecular formula is C17H20N2O6S2. The Labute approximate surface area is 161 Å². The van der Waals surface area contributed by atoms with Crippen LogP contribution in [0.25, 0.3) is 0 Å². The van der Waals surface area contributed by atoms with E-state index in [1.54, 1.807) is 25.4 Å². The molecular weight excluding hydrogens is 392 g/mol. The number of aryl methyl sites for hydroxylation is 1. The van der Waals surface area contributed by atoms with E-state index in [2.05, 4.69) is 4.74 Å². The molecule has 0 radical (unpaired) electrons. The number of sulfonamides is 1. The van der Waals surface area contributed by atoms with Crippen molar-refractivity contribution >= 4 is 27.3 Å². The average Bonchev–Trinajstić information content (AvgIpc) is 3.29. The summed E-state index contributed by atoms with van der Waals surface area (Å²) >= 11 is 1.03. The molecule has 1 fully saturated rings. The lowest BCUT2D eigenvalue weighted by Crippen LogP contribution is -2.31. The summed E-state index contributed by atoms with van der Waals surface area (Å²) in [7, 11) is -0.948. The van der Waals surface area contributed by atoms with Gasteiger partial charge in [0.2, 0.25) is 10.0 Å². The number of carbonyl (C=O) groups excluding carboxylic acids is 1. The maximum absolute atomic E-state index is 12.9. The number of methoxy groups -OCH3 is 1. The molecule has 1 aliphatic heterocycles. The minimum absolute atomic E-state index is 0.0515. The van der Waals surface area contributed by atoms with E-state index in [0.717, 1.165) is 17.0 Å². The van der Waals surface area contributed by atoms with Gasteiger partial charge in [0.25, 0.3) is 5.56 Å². The van der Waals surface area contributed by atoms with Crippen molar-refractivity contribution in [2.45, 2.75) is 24.3 Å². The summed E-state index contributed by atoms with van der Waals surface area (Å²) in [4.78, 5) is 23.7. The van der Waals surface area contributed by atoms with Gasteiger partial charge in [-0.05, 0) is 30.9 Å². The Morgan fingerprint density at radius 1 is 1.33 bits per heavy atom. The van der Waals surface area contributed by atoms with Crippen molar-refractivity contribution in [2.24, 2.45) is 7.05 Å². The molecule has 1 atom stereocenters. The summed E-state index contributed by atoms with van der Waals surface area (Å²) in [5.74, 6) is -0.253. The summed E-state index contributed by atoms with van der Waals surface area (Å²) in [5, 5.41) is 1.55. The summed E-state index contributed by atoms with van der Waals surface area (Å²) < 4.78 is 39.1. The second-order valence-corrected chi connectivity index (χ2v) is 9.05. The fraction of sp³-hybridized carbons (Fsp3) is 0.412. The Kier molecular flexibility index (Phi) is 5.41. The van der Waals surface area contributed by atoms with Crippen LogP contribution in [0.1, 0.15) is 21.8 Å². The molecule has 0 aliphatic carbocycles. The monoisotopic (exact) mass is 412 g/mol. The van der Waals surface area contributed by atoms with Gasteiger partial charge in [0, 0.05) is 25.4 Å². The smallest absolute Gasteiger partial charge is 0.349 e. The Balaban J connectivity index is 1.77. The van der Waals surface area contributed by atoms with Crippen LogP contribution < -0.4 is 10.3 Å². The number of hydrogen-bond donors (Lipinski definition) is 0. The highest BCUT2D eigenvalue weighted by atomic mass is 32.2. The molecule has 1 unspecified atom stereocenters. The fourth-order valence-electron chi connectivity index (χ4n) is 2.89. The topological polar surface area (TPSA) is 94.9 Å². The van der Waals surface area contributed by atoms with Crippen LogP contribution in [0.5, 0.6) is 5.75 Å². The van der Waals surface area contributed by atoms with Gasteiger partial charge in [0.05, 0.1) is 13.7 Å². The Hall–Kier alpha value is -2.17. The summed E-state index contributed by atoms with van der Waals surface area (Å²) in [6, 6.07) is 4.54. The summed E-state index contributed by atoms with van der Waals surface area (Å²) in [5.41, 5.74) is 0.564. The van der Waals surface area contributed by atoms with Gasteiger partial charge < -0.3 is 14.0 Å². The third kappa shape index (κ3) is 3.78. The van der Waals surface area contributed by atoms with Crippen LogP contribution in [0.15, 0.2) is 33.3 Å². The van der Waals surface area contributed by atoms with Gasteiger partial charge in [-0.3, -0.25) is 4.79 Å².